The SMILES string of the molecule is COc1ccc(-c2nnc(NC(=O)c3ccc(NC(=O)c4ccc(Br)cc4)cc3)o2)cc1. The molecular formula is C23H17BrN4O4. The van der Waals surface area contributed by atoms with E-state index < -0.39 is 5.91 Å². The second-order valence-corrected chi connectivity index (χ2v) is 7.55. The Labute approximate surface area is 191 Å². The van der Waals surface area contributed by atoms with Gasteiger partial charge in [-0.3, -0.25) is 14.9 Å². The van der Waals surface area contributed by atoms with E-state index in [1.807, 2.05) is 0 Å². The maximum Gasteiger partial charge on any atom is 0.322 e. The fourth-order valence-corrected chi connectivity index (χ4v) is 3.07. The lowest BCUT2D eigenvalue weighted by Gasteiger charge is -2.06. The van der Waals surface area contributed by atoms with Crippen molar-refractivity contribution in [3.05, 3.63) is 88.4 Å². The molecular weight excluding hydrogens is 476 g/mol. The summed E-state index contributed by atoms with van der Waals surface area (Å²) in [6.07, 6.45) is 0. The topological polar surface area (TPSA) is 106 Å². The molecule has 32 heavy (non-hydrogen) atoms. The van der Waals surface area contributed by atoms with Gasteiger partial charge in [0.15, 0.2) is 0 Å². The van der Waals surface area contributed by atoms with Gasteiger partial charge in [-0.15, -0.1) is 5.10 Å². The minimum absolute atomic E-state index is 0.0200. The molecule has 1 aromatic heterocycles. The van der Waals surface area contributed by atoms with E-state index in [0.717, 1.165) is 4.47 Å². The van der Waals surface area contributed by atoms with Crippen molar-refractivity contribution in [1.29, 1.82) is 0 Å². The van der Waals surface area contributed by atoms with Gasteiger partial charge in [0.05, 0.1) is 7.11 Å². The number of nitrogens with zero attached hydrogens (tertiary/aromatic N) is 2. The quantitative estimate of drug-likeness (QED) is 0.391. The van der Waals surface area contributed by atoms with E-state index in [1.165, 1.54) is 0 Å². The molecule has 0 unspecified atom stereocenters. The van der Waals surface area contributed by atoms with Gasteiger partial charge in [-0.1, -0.05) is 21.0 Å². The number of aromatic nitrogens is 2. The molecule has 0 aliphatic carbocycles. The van der Waals surface area contributed by atoms with Crippen molar-refractivity contribution in [2.45, 2.75) is 0 Å². The zero-order valence-corrected chi connectivity index (χ0v) is 18.4. The zero-order valence-electron chi connectivity index (χ0n) is 16.8. The Hall–Kier alpha value is -3.98. The highest BCUT2D eigenvalue weighted by atomic mass is 79.9. The standard InChI is InChI=1S/C23H17BrN4O4/c1-31-19-12-6-16(7-13-19)22-27-28-23(32-22)26-21(30)15-4-10-18(11-5-15)25-20(29)14-2-8-17(24)9-3-14/h2-13H,1H3,(H,25,29)(H,26,28,30). The molecule has 8 nitrogen and oxygen atoms in total. The summed E-state index contributed by atoms with van der Waals surface area (Å²) in [5.41, 5.74) is 2.16. The van der Waals surface area contributed by atoms with Crippen LogP contribution in [0.25, 0.3) is 11.5 Å². The number of amides is 2. The van der Waals surface area contributed by atoms with Crippen molar-refractivity contribution >= 4 is 39.4 Å². The van der Waals surface area contributed by atoms with Crippen LogP contribution in [0.4, 0.5) is 11.7 Å². The molecule has 0 fully saturated rings. The first-order valence-corrected chi connectivity index (χ1v) is 10.3. The molecule has 0 aliphatic rings. The molecule has 0 radical (unpaired) electrons. The smallest absolute Gasteiger partial charge is 0.322 e. The van der Waals surface area contributed by atoms with Crippen molar-refractivity contribution in [1.82, 2.24) is 10.2 Å². The number of benzene rings is 3. The van der Waals surface area contributed by atoms with Crippen LogP contribution in [-0.2, 0) is 0 Å². The predicted octanol–water partition coefficient (Wildman–Crippen LogP) is 5.01. The number of nitrogens with one attached hydrogen (secondary N) is 2. The summed E-state index contributed by atoms with van der Waals surface area (Å²) in [7, 11) is 1.58. The second-order valence-electron chi connectivity index (χ2n) is 6.63. The first-order chi connectivity index (χ1) is 15.5. The molecule has 0 aliphatic heterocycles. The largest absolute Gasteiger partial charge is 0.497 e. The highest BCUT2D eigenvalue weighted by molar-refractivity contribution is 9.10. The van der Waals surface area contributed by atoms with E-state index in [1.54, 1.807) is 79.9 Å². The Bertz CT molecular complexity index is 1240. The van der Waals surface area contributed by atoms with E-state index in [2.05, 4.69) is 36.8 Å². The summed E-state index contributed by atoms with van der Waals surface area (Å²) in [5, 5.41) is 13.2. The molecule has 0 atom stereocenters. The number of methoxy groups -OCH3 is 1. The Morgan fingerprint density at radius 3 is 2.03 bits per heavy atom. The molecule has 160 valence electrons. The molecule has 0 saturated heterocycles. The molecule has 4 rings (SSSR count). The van der Waals surface area contributed by atoms with E-state index in [-0.39, 0.29) is 17.8 Å². The summed E-state index contributed by atoms with van der Waals surface area (Å²) in [6.45, 7) is 0. The predicted molar refractivity (Wildman–Crippen MR) is 123 cm³/mol. The summed E-state index contributed by atoms with van der Waals surface area (Å²) < 4.78 is 11.5. The average Bonchev–Trinajstić information content (AvgIpc) is 3.28. The van der Waals surface area contributed by atoms with Crippen molar-refractivity contribution in [2.75, 3.05) is 17.7 Å². The maximum atomic E-state index is 12.5. The van der Waals surface area contributed by atoms with Crippen molar-refractivity contribution in [3.8, 4) is 17.2 Å². The van der Waals surface area contributed by atoms with Crippen molar-refractivity contribution < 1.29 is 18.7 Å². The molecule has 2 amide bonds. The van der Waals surface area contributed by atoms with Crippen LogP contribution in [0.2, 0.25) is 0 Å². The third kappa shape index (κ3) is 5.01. The molecule has 0 spiro atoms. The summed E-state index contributed by atoms with van der Waals surface area (Å²) in [6, 6.07) is 20.6. The Kier molecular flexibility index (Phi) is 6.27. The van der Waals surface area contributed by atoms with Crippen LogP contribution in [0.3, 0.4) is 0 Å². The van der Waals surface area contributed by atoms with Crippen LogP contribution in [0.15, 0.2) is 81.7 Å². The van der Waals surface area contributed by atoms with Crippen LogP contribution >= 0.6 is 15.9 Å². The van der Waals surface area contributed by atoms with Gasteiger partial charge in [-0.05, 0) is 72.8 Å². The summed E-state index contributed by atoms with van der Waals surface area (Å²) in [4.78, 5) is 24.8. The zero-order chi connectivity index (χ0) is 22.5. The van der Waals surface area contributed by atoms with Crippen LogP contribution < -0.4 is 15.4 Å². The first kappa shape index (κ1) is 21.3. The Morgan fingerprint density at radius 2 is 1.41 bits per heavy atom. The van der Waals surface area contributed by atoms with Crippen molar-refractivity contribution in [2.24, 2.45) is 0 Å². The first-order valence-electron chi connectivity index (χ1n) is 9.48. The van der Waals surface area contributed by atoms with Gasteiger partial charge in [0, 0.05) is 26.9 Å². The van der Waals surface area contributed by atoms with Gasteiger partial charge < -0.3 is 14.5 Å². The normalized spacial score (nSPS) is 10.4. The molecule has 0 saturated carbocycles. The number of hydrogen-bond donors (Lipinski definition) is 2. The van der Waals surface area contributed by atoms with Gasteiger partial charge in [-0.2, -0.15) is 0 Å². The van der Waals surface area contributed by atoms with E-state index in [4.69, 9.17) is 9.15 Å². The van der Waals surface area contributed by atoms with Crippen LogP contribution in [-0.4, -0.2) is 29.1 Å². The fraction of sp³-hybridized carbons (Fsp3) is 0.0435. The van der Waals surface area contributed by atoms with E-state index in [0.29, 0.717) is 28.1 Å². The highest BCUT2D eigenvalue weighted by Crippen LogP contribution is 2.23. The average molecular weight is 493 g/mol. The van der Waals surface area contributed by atoms with Crippen LogP contribution in [0, 0.1) is 0 Å². The lowest BCUT2D eigenvalue weighted by molar-refractivity contribution is 0.101. The van der Waals surface area contributed by atoms with Crippen LogP contribution in [0.1, 0.15) is 20.7 Å². The van der Waals surface area contributed by atoms with Gasteiger partial charge in [0.1, 0.15) is 5.75 Å². The number of hydrogen-bond acceptors (Lipinski definition) is 6. The minimum atomic E-state index is -0.416. The second kappa shape index (κ2) is 9.44. The number of carbonyl (C=O) groups excluding carboxylic acids is 2. The molecule has 1 heterocycles. The maximum absolute atomic E-state index is 12.5. The summed E-state index contributed by atoms with van der Waals surface area (Å²) >= 11 is 3.34. The highest BCUT2D eigenvalue weighted by Gasteiger charge is 2.13. The lowest BCUT2D eigenvalue weighted by atomic mass is 10.1. The summed E-state index contributed by atoms with van der Waals surface area (Å²) in [5.74, 6) is 0.319. The van der Waals surface area contributed by atoms with E-state index in [9.17, 15) is 9.59 Å². The Balaban J connectivity index is 1.38. The van der Waals surface area contributed by atoms with Gasteiger partial charge in [-0.25, -0.2) is 0 Å². The number of anilines is 2. The molecule has 9 heteroatoms. The lowest BCUT2D eigenvalue weighted by Crippen LogP contribution is -2.13. The number of rotatable bonds is 6. The third-order valence-electron chi connectivity index (χ3n) is 4.49. The van der Waals surface area contributed by atoms with Gasteiger partial charge >= 0.3 is 6.01 Å². The van der Waals surface area contributed by atoms with Crippen molar-refractivity contribution in [3.63, 3.8) is 0 Å². The number of ether oxygens (including phenoxy) is 1. The molecule has 0 bridgehead atoms. The molecule has 3 aromatic carbocycles. The van der Waals surface area contributed by atoms with E-state index >= 15 is 0 Å². The third-order valence-corrected chi connectivity index (χ3v) is 5.02. The monoisotopic (exact) mass is 492 g/mol. The van der Waals surface area contributed by atoms with Gasteiger partial charge in [0.2, 0.25) is 5.89 Å². The molecule has 2 N–H and O–H groups in total. The van der Waals surface area contributed by atoms with Crippen LogP contribution in [0.5, 0.6) is 5.75 Å². The fourth-order valence-electron chi connectivity index (χ4n) is 2.80. The molecule has 4 aromatic rings. The minimum Gasteiger partial charge on any atom is -0.497 e. The Morgan fingerprint density at radius 1 is 0.812 bits per heavy atom. The number of halogens is 1. The number of carbonyl (C=O) groups is 2. The van der Waals surface area contributed by atoms with Gasteiger partial charge in [0.25, 0.3) is 11.8 Å².